The number of fused-ring (bicyclic) bond motifs is 1. The topological polar surface area (TPSA) is 41.6 Å². The molecule has 0 atom stereocenters. The van der Waals surface area contributed by atoms with E-state index in [2.05, 4.69) is 10.2 Å². The summed E-state index contributed by atoms with van der Waals surface area (Å²) in [7, 11) is 0. The number of benzene rings is 1. The van der Waals surface area contributed by atoms with Crippen LogP contribution in [0.3, 0.4) is 0 Å². The van der Waals surface area contributed by atoms with Crippen molar-refractivity contribution < 1.29 is 9.53 Å². The third-order valence-electron chi connectivity index (χ3n) is 3.78. The standard InChI is InChI=1S/C16H15ClN2O2S/c17-10-1-4-13-12(9-10)19(7-8-21-13)15-6-5-14(22-15)16(20)18-11-2-3-11/h1,4-6,9,11H,2-3,7-8H2,(H,18,20). The summed E-state index contributed by atoms with van der Waals surface area (Å²) in [5.74, 6) is 0.853. The van der Waals surface area contributed by atoms with E-state index in [-0.39, 0.29) is 5.91 Å². The summed E-state index contributed by atoms with van der Waals surface area (Å²) >= 11 is 7.61. The highest BCUT2D eigenvalue weighted by Crippen LogP contribution is 2.40. The molecule has 1 aromatic heterocycles. The Balaban J connectivity index is 1.61. The number of carbonyl (C=O) groups is 1. The summed E-state index contributed by atoms with van der Waals surface area (Å²) in [6, 6.07) is 9.87. The summed E-state index contributed by atoms with van der Waals surface area (Å²) in [4.78, 5) is 15.0. The Morgan fingerprint density at radius 3 is 3.00 bits per heavy atom. The van der Waals surface area contributed by atoms with Gasteiger partial charge < -0.3 is 15.0 Å². The van der Waals surface area contributed by atoms with Crippen molar-refractivity contribution in [1.29, 1.82) is 0 Å². The van der Waals surface area contributed by atoms with E-state index in [4.69, 9.17) is 16.3 Å². The van der Waals surface area contributed by atoms with Crippen LogP contribution in [-0.2, 0) is 0 Å². The monoisotopic (exact) mass is 334 g/mol. The molecule has 1 fully saturated rings. The van der Waals surface area contributed by atoms with Crippen molar-refractivity contribution in [3.63, 3.8) is 0 Å². The van der Waals surface area contributed by atoms with Crippen molar-refractivity contribution in [2.45, 2.75) is 18.9 Å². The van der Waals surface area contributed by atoms with E-state index < -0.39 is 0 Å². The van der Waals surface area contributed by atoms with Crippen molar-refractivity contribution in [2.24, 2.45) is 0 Å². The van der Waals surface area contributed by atoms with Gasteiger partial charge in [-0.2, -0.15) is 0 Å². The minimum Gasteiger partial charge on any atom is -0.490 e. The van der Waals surface area contributed by atoms with E-state index in [1.807, 2.05) is 30.3 Å². The van der Waals surface area contributed by atoms with Gasteiger partial charge in [0.15, 0.2) is 0 Å². The number of anilines is 2. The summed E-state index contributed by atoms with van der Waals surface area (Å²) in [5.41, 5.74) is 0.953. The molecule has 1 N–H and O–H groups in total. The molecule has 0 saturated heterocycles. The van der Waals surface area contributed by atoms with Gasteiger partial charge in [-0.25, -0.2) is 0 Å². The Morgan fingerprint density at radius 2 is 2.18 bits per heavy atom. The van der Waals surface area contributed by atoms with Crippen LogP contribution in [0.15, 0.2) is 30.3 Å². The van der Waals surface area contributed by atoms with Crippen molar-refractivity contribution in [3.05, 3.63) is 40.2 Å². The fourth-order valence-corrected chi connectivity index (χ4v) is 3.61. The third kappa shape index (κ3) is 2.66. The highest BCUT2D eigenvalue weighted by atomic mass is 35.5. The molecular formula is C16H15ClN2O2S. The number of ether oxygens (including phenoxy) is 1. The Morgan fingerprint density at radius 1 is 1.32 bits per heavy atom. The number of carbonyl (C=O) groups excluding carboxylic acids is 1. The number of nitrogens with zero attached hydrogens (tertiary/aromatic N) is 1. The number of amides is 1. The van der Waals surface area contributed by atoms with Gasteiger partial charge in [-0.1, -0.05) is 11.6 Å². The Kier molecular flexibility index (Phi) is 3.47. The van der Waals surface area contributed by atoms with Crippen LogP contribution in [-0.4, -0.2) is 25.1 Å². The molecule has 4 rings (SSSR count). The smallest absolute Gasteiger partial charge is 0.261 e. The van der Waals surface area contributed by atoms with Crippen LogP contribution in [0.25, 0.3) is 0 Å². The second-order valence-electron chi connectivity index (χ2n) is 5.50. The van der Waals surface area contributed by atoms with Crippen LogP contribution >= 0.6 is 22.9 Å². The number of thiophene rings is 1. The zero-order valence-corrected chi connectivity index (χ0v) is 13.4. The number of hydrogen-bond donors (Lipinski definition) is 1. The lowest BCUT2D eigenvalue weighted by molar-refractivity contribution is 0.0955. The first-order valence-electron chi connectivity index (χ1n) is 7.31. The van der Waals surface area contributed by atoms with Gasteiger partial charge in [-0.3, -0.25) is 4.79 Å². The molecule has 1 aromatic carbocycles. The first kappa shape index (κ1) is 13.9. The molecule has 1 amide bonds. The molecule has 0 radical (unpaired) electrons. The molecule has 0 bridgehead atoms. The van der Waals surface area contributed by atoms with Gasteiger partial charge in [0.2, 0.25) is 0 Å². The minimum atomic E-state index is 0.0262. The normalized spacial score (nSPS) is 16.9. The van der Waals surface area contributed by atoms with Gasteiger partial charge >= 0.3 is 0 Å². The van der Waals surface area contributed by atoms with Crippen LogP contribution < -0.4 is 15.0 Å². The molecule has 0 spiro atoms. The molecule has 1 saturated carbocycles. The highest BCUT2D eigenvalue weighted by Gasteiger charge is 2.26. The molecular weight excluding hydrogens is 320 g/mol. The van der Waals surface area contributed by atoms with Crippen LogP contribution in [0.5, 0.6) is 5.75 Å². The molecule has 2 aromatic rings. The lowest BCUT2D eigenvalue weighted by Gasteiger charge is -2.30. The molecule has 1 aliphatic carbocycles. The molecule has 0 unspecified atom stereocenters. The van der Waals surface area contributed by atoms with Gasteiger partial charge in [0.1, 0.15) is 12.4 Å². The predicted octanol–water partition coefficient (Wildman–Crippen LogP) is 3.82. The zero-order valence-electron chi connectivity index (χ0n) is 11.8. The van der Waals surface area contributed by atoms with Crippen molar-refractivity contribution >= 4 is 39.5 Å². The average molecular weight is 335 g/mol. The number of rotatable bonds is 3. The number of hydrogen-bond acceptors (Lipinski definition) is 4. The second kappa shape index (κ2) is 5.48. The fourth-order valence-electron chi connectivity index (χ4n) is 2.50. The minimum absolute atomic E-state index is 0.0262. The van der Waals surface area contributed by atoms with Crippen LogP contribution in [0, 0.1) is 0 Å². The summed E-state index contributed by atoms with van der Waals surface area (Å²) < 4.78 is 5.67. The average Bonchev–Trinajstić information content (AvgIpc) is 3.19. The maximum Gasteiger partial charge on any atom is 0.261 e. The molecule has 114 valence electrons. The zero-order chi connectivity index (χ0) is 15.1. The lowest BCUT2D eigenvalue weighted by atomic mass is 10.2. The Bertz CT molecular complexity index is 727. The molecule has 22 heavy (non-hydrogen) atoms. The molecule has 4 nitrogen and oxygen atoms in total. The number of halogens is 1. The van der Waals surface area contributed by atoms with E-state index in [0.29, 0.717) is 17.7 Å². The van der Waals surface area contributed by atoms with Crippen molar-refractivity contribution in [3.8, 4) is 5.75 Å². The summed E-state index contributed by atoms with van der Waals surface area (Å²) in [6.07, 6.45) is 2.19. The van der Waals surface area contributed by atoms with Gasteiger partial charge in [0.25, 0.3) is 5.91 Å². The van der Waals surface area contributed by atoms with E-state index in [0.717, 1.165) is 40.7 Å². The maximum absolute atomic E-state index is 12.1. The first-order chi connectivity index (χ1) is 10.7. The van der Waals surface area contributed by atoms with Crippen molar-refractivity contribution in [2.75, 3.05) is 18.1 Å². The van der Waals surface area contributed by atoms with Crippen LogP contribution in [0.1, 0.15) is 22.5 Å². The van der Waals surface area contributed by atoms with Gasteiger partial charge in [0, 0.05) is 11.1 Å². The molecule has 2 heterocycles. The Labute approximate surface area is 137 Å². The van der Waals surface area contributed by atoms with E-state index >= 15 is 0 Å². The van der Waals surface area contributed by atoms with Gasteiger partial charge in [0.05, 0.1) is 22.1 Å². The molecule has 6 heteroatoms. The van der Waals surface area contributed by atoms with Gasteiger partial charge in [-0.05, 0) is 43.2 Å². The predicted molar refractivity (Wildman–Crippen MR) is 88.8 cm³/mol. The van der Waals surface area contributed by atoms with Crippen molar-refractivity contribution in [1.82, 2.24) is 5.32 Å². The van der Waals surface area contributed by atoms with E-state index in [9.17, 15) is 4.79 Å². The molecule has 2 aliphatic rings. The summed E-state index contributed by atoms with van der Waals surface area (Å²) in [5, 5.41) is 4.74. The third-order valence-corrected chi connectivity index (χ3v) is 5.12. The van der Waals surface area contributed by atoms with E-state index in [1.54, 1.807) is 0 Å². The quantitative estimate of drug-likeness (QED) is 0.927. The Hall–Kier alpha value is -1.72. The molecule has 1 aliphatic heterocycles. The highest BCUT2D eigenvalue weighted by molar-refractivity contribution is 7.18. The van der Waals surface area contributed by atoms with Gasteiger partial charge in [-0.15, -0.1) is 11.3 Å². The van der Waals surface area contributed by atoms with Crippen LogP contribution in [0.2, 0.25) is 5.02 Å². The SMILES string of the molecule is O=C(NC1CC1)c1ccc(N2CCOc3ccc(Cl)cc32)s1. The number of nitrogens with one attached hydrogen (secondary N) is 1. The fraction of sp³-hybridized carbons (Fsp3) is 0.312. The first-order valence-corrected chi connectivity index (χ1v) is 8.51. The second-order valence-corrected chi connectivity index (χ2v) is 7.00. The largest absolute Gasteiger partial charge is 0.490 e. The maximum atomic E-state index is 12.1. The summed E-state index contributed by atoms with van der Waals surface area (Å²) in [6.45, 7) is 1.37. The van der Waals surface area contributed by atoms with E-state index in [1.165, 1.54) is 11.3 Å². The lowest BCUT2D eigenvalue weighted by Crippen LogP contribution is -2.28. The van der Waals surface area contributed by atoms with Crippen LogP contribution in [0.4, 0.5) is 10.7 Å².